The second kappa shape index (κ2) is 3.12. The Labute approximate surface area is 86.8 Å². The van der Waals surface area contributed by atoms with E-state index in [1.807, 2.05) is 0 Å². The molecular formula is C13H19N. The van der Waals surface area contributed by atoms with Gasteiger partial charge in [-0.05, 0) is 41.9 Å². The molecule has 0 aromatic rings. The third kappa shape index (κ3) is 1.38. The van der Waals surface area contributed by atoms with Crippen molar-refractivity contribution < 1.29 is 0 Å². The van der Waals surface area contributed by atoms with Crippen molar-refractivity contribution in [1.29, 1.82) is 5.26 Å². The highest BCUT2D eigenvalue weighted by atomic mass is 14.6. The molecule has 0 aromatic carbocycles. The largest absolute Gasteiger partial charge is 0.193 e. The maximum absolute atomic E-state index is 8.53. The zero-order chi connectivity index (χ0) is 10.3. The average molecular weight is 189 g/mol. The van der Waals surface area contributed by atoms with Crippen LogP contribution in [0.2, 0.25) is 0 Å². The predicted octanol–water partition coefficient (Wildman–Crippen LogP) is 3.38. The highest BCUT2D eigenvalue weighted by Crippen LogP contribution is 2.66. The Balaban J connectivity index is 2.03. The van der Waals surface area contributed by atoms with Crippen molar-refractivity contribution >= 4 is 0 Å². The summed E-state index contributed by atoms with van der Waals surface area (Å²) in [4.78, 5) is 0. The standard InChI is InChI=1S/C13H19N/c1-9-7-11-12(13(11,2)3)8-10(9)5-4-6-14/h4-5,9-12H,7-8H2,1-3H3/t9-,10-,11+,12?/m0/s1. The van der Waals surface area contributed by atoms with Gasteiger partial charge in [-0.15, -0.1) is 0 Å². The molecule has 0 amide bonds. The van der Waals surface area contributed by atoms with Gasteiger partial charge >= 0.3 is 0 Å². The van der Waals surface area contributed by atoms with Gasteiger partial charge < -0.3 is 0 Å². The molecule has 0 bridgehead atoms. The first-order chi connectivity index (χ1) is 6.57. The first-order valence-corrected chi connectivity index (χ1v) is 5.63. The summed E-state index contributed by atoms with van der Waals surface area (Å²) in [5.74, 6) is 3.30. The normalized spacial score (nSPS) is 44.4. The molecule has 0 radical (unpaired) electrons. The number of rotatable bonds is 1. The lowest BCUT2D eigenvalue weighted by atomic mass is 9.80. The minimum Gasteiger partial charge on any atom is -0.193 e. The molecule has 1 unspecified atom stereocenters. The van der Waals surface area contributed by atoms with Gasteiger partial charge in [-0.3, -0.25) is 0 Å². The summed E-state index contributed by atoms with van der Waals surface area (Å²) in [6.45, 7) is 7.12. The van der Waals surface area contributed by atoms with E-state index in [-0.39, 0.29) is 0 Å². The molecule has 76 valence electrons. The summed E-state index contributed by atoms with van der Waals surface area (Å²) < 4.78 is 0. The molecule has 2 saturated carbocycles. The molecule has 1 heteroatoms. The van der Waals surface area contributed by atoms with Crippen LogP contribution in [0.5, 0.6) is 0 Å². The lowest BCUT2D eigenvalue weighted by Crippen LogP contribution is -2.16. The van der Waals surface area contributed by atoms with Crippen molar-refractivity contribution in [2.45, 2.75) is 33.6 Å². The number of nitrogens with zero attached hydrogens (tertiary/aromatic N) is 1. The van der Waals surface area contributed by atoms with Crippen molar-refractivity contribution in [3.05, 3.63) is 12.2 Å². The van der Waals surface area contributed by atoms with Crippen LogP contribution in [-0.2, 0) is 0 Å². The number of allylic oxidation sites excluding steroid dienone is 2. The van der Waals surface area contributed by atoms with Crippen LogP contribution in [0.25, 0.3) is 0 Å². The minimum absolute atomic E-state index is 0.587. The molecule has 0 saturated heterocycles. The second-order valence-corrected chi connectivity index (χ2v) is 5.64. The molecule has 2 fully saturated rings. The first kappa shape index (κ1) is 9.77. The van der Waals surface area contributed by atoms with E-state index in [1.165, 1.54) is 12.8 Å². The second-order valence-electron chi connectivity index (χ2n) is 5.64. The Hall–Kier alpha value is -0.770. The van der Waals surface area contributed by atoms with Gasteiger partial charge in [0.05, 0.1) is 6.07 Å². The van der Waals surface area contributed by atoms with E-state index < -0.39 is 0 Å². The number of hydrogen-bond donors (Lipinski definition) is 0. The smallest absolute Gasteiger partial charge is 0.0908 e. The molecule has 0 heterocycles. The van der Waals surface area contributed by atoms with Crippen LogP contribution in [-0.4, -0.2) is 0 Å². The highest BCUT2D eigenvalue weighted by molar-refractivity contribution is 5.13. The summed E-state index contributed by atoms with van der Waals surface area (Å²) in [6, 6.07) is 2.10. The van der Waals surface area contributed by atoms with Crippen LogP contribution in [0.15, 0.2) is 12.2 Å². The maximum atomic E-state index is 8.53. The summed E-state index contributed by atoms with van der Waals surface area (Å²) in [6.07, 6.45) is 6.45. The topological polar surface area (TPSA) is 23.8 Å². The van der Waals surface area contributed by atoms with E-state index in [4.69, 9.17) is 5.26 Å². The van der Waals surface area contributed by atoms with Crippen LogP contribution < -0.4 is 0 Å². The fourth-order valence-corrected chi connectivity index (χ4v) is 3.33. The minimum atomic E-state index is 0.587. The summed E-state index contributed by atoms with van der Waals surface area (Å²) in [7, 11) is 0. The van der Waals surface area contributed by atoms with E-state index in [2.05, 4.69) is 32.9 Å². The van der Waals surface area contributed by atoms with E-state index in [0.29, 0.717) is 11.3 Å². The number of nitriles is 1. The number of hydrogen-bond acceptors (Lipinski definition) is 1. The van der Waals surface area contributed by atoms with Crippen LogP contribution in [0.3, 0.4) is 0 Å². The number of fused-ring (bicyclic) bond motifs is 1. The van der Waals surface area contributed by atoms with Crippen LogP contribution in [0.4, 0.5) is 0 Å². The molecule has 4 atom stereocenters. The monoisotopic (exact) mass is 189 g/mol. The third-order valence-corrected chi connectivity index (χ3v) is 4.59. The highest BCUT2D eigenvalue weighted by Gasteiger charge is 2.60. The first-order valence-electron chi connectivity index (χ1n) is 5.63. The van der Waals surface area contributed by atoms with Crippen molar-refractivity contribution in [1.82, 2.24) is 0 Å². The molecule has 0 aromatic heterocycles. The van der Waals surface area contributed by atoms with Gasteiger partial charge in [-0.1, -0.05) is 26.8 Å². The molecule has 0 N–H and O–H groups in total. The Morgan fingerprint density at radius 1 is 1.29 bits per heavy atom. The van der Waals surface area contributed by atoms with Gasteiger partial charge in [-0.25, -0.2) is 0 Å². The summed E-state index contributed by atoms with van der Waals surface area (Å²) in [5, 5.41) is 8.53. The molecule has 1 nitrogen and oxygen atoms in total. The van der Waals surface area contributed by atoms with Crippen LogP contribution in [0, 0.1) is 40.4 Å². The van der Waals surface area contributed by atoms with E-state index >= 15 is 0 Å². The molecule has 2 rings (SSSR count). The van der Waals surface area contributed by atoms with E-state index in [9.17, 15) is 0 Å². The van der Waals surface area contributed by atoms with Crippen molar-refractivity contribution in [3.63, 3.8) is 0 Å². The lowest BCUT2D eigenvalue weighted by Gasteiger charge is -2.25. The fourth-order valence-electron chi connectivity index (χ4n) is 3.33. The van der Waals surface area contributed by atoms with Gasteiger partial charge in [0, 0.05) is 6.08 Å². The lowest BCUT2D eigenvalue weighted by molar-refractivity contribution is 0.293. The van der Waals surface area contributed by atoms with Gasteiger partial charge in [0.15, 0.2) is 0 Å². The Morgan fingerprint density at radius 2 is 1.93 bits per heavy atom. The van der Waals surface area contributed by atoms with Gasteiger partial charge in [-0.2, -0.15) is 5.26 Å². The van der Waals surface area contributed by atoms with Crippen LogP contribution >= 0.6 is 0 Å². The average Bonchev–Trinajstić information content (AvgIpc) is 2.65. The van der Waals surface area contributed by atoms with Gasteiger partial charge in [0.25, 0.3) is 0 Å². The third-order valence-electron chi connectivity index (χ3n) is 4.59. The van der Waals surface area contributed by atoms with E-state index in [1.54, 1.807) is 6.08 Å². The van der Waals surface area contributed by atoms with Crippen molar-refractivity contribution in [2.24, 2.45) is 29.1 Å². The fraction of sp³-hybridized carbons (Fsp3) is 0.769. The maximum Gasteiger partial charge on any atom is 0.0908 e. The Morgan fingerprint density at radius 3 is 2.57 bits per heavy atom. The molecule has 2 aliphatic rings. The summed E-state index contributed by atoms with van der Waals surface area (Å²) in [5.41, 5.74) is 0.587. The van der Waals surface area contributed by atoms with Crippen LogP contribution in [0.1, 0.15) is 33.6 Å². The molecule has 2 aliphatic carbocycles. The zero-order valence-corrected chi connectivity index (χ0v) is 9.33. The van der Waals surface area contributed by atoms with Crippen molar-refractivity contribution in [3.8, 4) is 6.07 Å². The molecule has 0 aliphatic heterocycles. The Kier molecular flexibility index (Phi) is 2.18. The summed E-state index contributed by atoms with van der Waals surface area (Å²) >= 11 is 0. The Bertz CT molecular complexity index is 295. The predicted molar refractivity (Wildman–Crippen MR) is 57.4 cm³/mol. The molecule has 14 heavy (non-hydrogen) atoms. The molecular weight excluding hydrogens is 170 g/mol. The molecule has 0 spiro atoms. The van der Waals surface area contributed by atoms with E-state index in [0.717, 1.165) is 17.8 Å². The zero-order valence-electron chi connectivity index (χ0n) is 9.33. The quantitative estimate of drug-likeness (QED) is 0.580. The van der Waals surface area contributed by atoms with Gasteiger partial charge in [0.1, 0.15) is 0 Å². The van der Waals surface area contributed by atoms with Crippen molar-refractivity contribution in [2.75, 3.05) is 0 Å². The van der Waals surface area contributed by atoms with Gasteiger partial charge in [0.2, 0.25) is 0 Å². The SMILES string of the molecule is C[C@H]1C[C@@H]2C(C[C@@H]1C=CC#N)C2(C)C.